The van der Waals surface area contributed by atoms with Gasteiger partial charge in [-0.1, -0.05) is 35.9 Å². The highest BCUT2D eigenvalue weighted by atomic mass is 16.5. The van der Waals surface area contributed by atoms with Gasteiger partial charge in [0.15, 0.2) is 0 Å². The van der Waals surface area contributed by atoms with Crippen LogP contribution in [0.25, 0.3) is 23.1 Å². The Morgan fingerprint density at radius 3 is 2.71 bits per heavy atom. The summed E-state index contributed by atoms with van der Waals surface area (Å²) < 4.78 is 5.45. The lowest BCUT2D eigenvalue weighted by atomic mass is 10.0. The Kier molecular flexibility index (Phi) is 3.31. The number of rotatable bonds is 2. The van der Waals surface area contributed by atoms with E-state index >= 15 is 0 Å². The lowest BCUT2D eigenvalue weighted by Gasteiger charge is -1.99. The van der Waals surface area contributed by atoms with Crippen LogP contribution >= 0.6 is 0 Å². The van der Waals surface area contributed by atoms with E-state index in [0.717, 1.165) is 33.7 Å². The first kappa shape index (κ1) is 14.5. The highest BCUT2D eigenvalue weighted by Crippen LogP contribution is 2.37. The molecule has 118 valence electrons. The zero-order chi connectivity index (χ0) is 16.7. The Morgan fingerprint density at radius 1 is 1.04 bits per heavy atom. The van der Waals surface area contributed by atoms with Crippen LogP contribution in [-0.4, -0.2) is 15.8 Å². The predicted octanol–water partition coefficient (Wildman–Crippen LogP) is 5.00. The molecule has 3 aromatic rings. The number of allylic oxidation sites excluding steroid dienone is 1. The first-order valence-corrected chi connectivity index (χ1v) is 7.75. The molecule has 0 bridgehead atoms. The van der Waals surface area contributed by atoms with Gasteiger partial charge in [0.25, 0.3) is 0 Å². The monoisotopic (exact) mass is 316 g/mol. The van der Waals surface area contributed by atoms with E-state index in [1.165, 1.54) is 0 Å². The molecule has 0 radical (unpaired) electrons. The standard InChI is InChI=1S/C20H16N2O2/c1-12-6-5-7-14(10-12)19-22-18(20(23)24-19)11-16-13(2)21-17-9-4-3-8-15(16)17/h3-11,23H,1-2H3/b16-11+. The molecule has 0 amide bonds. The van der Waals surface area contributed by atoms with Crippen LogP contribution in [0, 0.1) is 6.92 Å². The Labute approximate surface area is 139 Å². The quantitative estimate of drug-likeness (QED) is 0.723. The summed E-state index contributed by atoms with van der Waals surface area (Å²) in [5, 5.41) is 10.1. The third-order valence-corrected chi connectivity index (χ3v) is 4.05. The number of aliphatic imine (C=N–C) groups is 1. The Hall–Kier alpha value is -3.14. The fourth-order valence-corrected chi connectivity index (χ4v) is 2.87. The molecule has 4 rings (SSSR count). The van der Waals surface area contributed by atoms with Gasteiger partial charge in [-0.25, -0.2) is 4.98 Å². The molecular formula is C20H16N2O2. The van der Waals surface area contributed by atoms with Gasteiger partial charge in [0.05, 0.1) is 5.69 Å². The van der Waals surface area contributed by atoms with Crippen LogP contribution in [0.4, 0.5) is 5.69 Å². The maximum Gasteiger partial charge on any atom is 0.310 e. The average Bonchev–Trinajstić information content (AvgIpc) is 3.09. The first-order chi connectivity index (χ1) is 11.6. The minimum atomic E-state index is -0.184. The Morgan fingerprint density at radius 2 is 1.88 bits per heavy atom. The molecule has 2 aromatic carbocycles. The summed E-state index contributed by atoms with van der Waals surface area (Å²) in [6.45, 7) is 3.95. The molecule has 2 heterocycles. The molecule has 4 nitrogen and oxygen atoms in total. The van der Waals surface area contributed by atoms with Gasteiger partial charge in [-0.15, -0.1) is 0 Å². The normalized spacial score (nSPS) is 14.8. The largest absolute Gasteiger partial charge is 0.479 e. The molecule has 0 spiro atoms. The number of benzene rings is 2. The summed E-state index contributed by atoms with van der Waals surface area (Å²) in [5.41, 5.74) is 6.18. The number of oxazole rings is 1. The molecular weight excluding hydrogens is 300 g/mol. The summed E-state index contributed by atoms with van der Waals surface area (Å²) in [6.07, 6.45) is 1.82. The zero-order valence-electron chi connectivity index (χ0n) is 13.4. The highest BCUT2D eigenvalue weighted by Gasteiger charge is 2.19. The fraction of sp³-hybridized carbons (Fsp3) is 0.100. The second kappa shape index (κ2) is 5.49. The molecule has 0 saturated carbocycles. The van der Waals surface area contributed by atoms with E-state index in [2.05, 4.69) is 9.98 Å². The average molecular weight is 316 g/mol. The number of aromatic hydroxyl groups is 1. The van der Waals surface area contributed by atoms with Crippen LogP contribution in [-0.2, 0) is 0 Å². The van der Waals surface area contributed by atoms with Crippen molar-refractivity contribution in [2.45, 2.75) is 13.8 Å². The molecule has 0 atom stereocenters. The van der Waals surface area contributed by atoms with E-state index in [9.17, 15) is 5.11 Å². The summed E-state index contributed by atoms with van der Waals surface area (Å²) in [6, 6.07) is 15.7. The summed E-state index contributed by atoms with van der Waals surface area (Å²) in [5.74, 6) is 0.222. The topological polar surface area (TPSA) is 58.6 Å². The Bertz CT molecular complexity index is 996. The minimum Gasteiger partial charge on any atom is -0.479 e. The fourth-order valence-electron chi connectivity index (χ4n) is 2.87. The van der Waals surface area contributed by atoms with Crippen molar-refractivity contribution in [3.05, 3.63) is 65.4 Å². The SMILES string of the molecule is CC1=Nc2ccccc2/C1=C/c1nc(-c2cccc(C)c2)oc1O. The van der Waals surface area contributed by atoms with E-state index in [1.54, 1.807) is 0 Å². The number of fused-ring (bicyclic) bond motifs is 1. The molecule has 24 heavy (non-hydrogen) atoms. The van der Waals surface area contributed by atoms with Crippen LogP contribution in [0.1, 0.15) is 23.7 Å². The van der Waals surface area contributed by atoms with Crippen molar-refractivity contribution in [2.75, 3.05) is 0 Å². The molecule has 0 saturated heterocycles. The van der Waals surface area contributed by atoms with E-state index < -0.39 is 0 Å². The van der Waals surface area contributed by atoms with Crippen LogP contribution in [0.5, 0.6) is 5.95 Å². The second-order valence-corrected chi connectivity index (χ2v) is 5.85. The predicted molar refractivity (Wildman–Crippen MR) is 95.4 cm³/mol. The molecule has 1 aromatic heterocycles. The maximum atomic E-state index is 10.1. The van der Waals surface area contributed by atoms with Gasteiger partial charge in [-0.3, -0.25) is 4.99 Å². The number of hydrogen-bond donors (Lipinski definition) is 1. The van der Waals surface area contributed by atoms with Crippen LogP contribution in [0.2, 0.25) is 0 Å². The number of aromatic nitrogens is 1. The van der Waals surface area contributed by atoms with Gasteiger partial charge < -0.3 is 9.52 Å². The molecule has 0 fully saturated rings. The van der Waals surface area contributed by atoms with Gasteiger partial charge in [0.2, 0.25) is 5.89 Å². The zero-order valence-corrected chi connectivity index (χ0v) is 13.4. The molecule has 0 aliphatic carbocycles. The smallest absolute Gasteiger partial charge is 0.310 e. The lowest BCUT2D eigenvalue weighted by Crippen LogP contribution is -1.90. The van der Waals surface area contributed by atoms with Crippen LogP contribution < -0.4 is 0 Å². The number of aryl methyl sites for hydroxylation is 1. The van der Waals surface area contributed by atoms with Gasteiger partial charge in [0, 0.05) is 22.4 Å². The van der Waals surface area contributed by atoms with Crippen LogP contribution in [0.3, 0.4) is 0 Å². The van der Waals surface area contributed by atoms with Gasteiger partial charge in [0.1, 0.15) is 5.69 Å². The first-order valence-electron chi connectivity index (χ1n) is 7.75. The number of nitrogens with zero attached hydrogens (tertiary/aromatic N) is 2. The van der Waals surface area contributed by atoms with Gasteiger partial charge in [-0.05, 0) is 38.1 Å². The van der Waals surface area contributed by atoms with E-state index in [-0.39, 0.29) is 5.95 Å². The van der Waals surface area contributed by atoms with Crippen molar-refractivity contribution in [2.24, 2.45) is 4.99 Å². The molecule has 4 heteroatoms. The molecule has 0 unspecified atom stereocenters. The summed E-state index contributed by atoms with van der Waals surface area (Å²) >= 11 is 0. The van der Waals surface area contributed by atoms with Crippen molar-refractivity contribution in [3.63, 3.8) is 0 Å². The molecule has 1 aliphatic rings. The van der Waals surface area contributed by atoms with Crippen LogP contribution in [0.15, 0.2) is 57.9 Å². The van der Waals surface area contributed by atoms with Crippen molar-refractivity contribution in [3.8, 4) is 17.4 Å². The minimum absolute atomic E-state index is 0.184. The van der Waals surface area contributed by atoms with E-state index in [0.29, 0.717) is 11.6 Å². The molecule has 1 aliphatic heterocycles. The molecule has 1 N–H and O–H groups in total. The number of para-hydroxylation sites is 1. The van der Waals surface area contributed by atoms with Gasteiger partial charge in [-0.2, -0.15) is 0 Å². The van der Waals surface area contributed by atoms with Crippen molar-refractivity contribution in [1.29, 1.82) is 0 Å². The summed E-state index contributed by atoms with van der Waals surface area (Å²) in [7, 11) is 0. The third kappa shape index (κ3) is 2.42. The maximum absolute atomic E-state index is 10.1. The highest BCUT2D eigenvalue weighted by molar-refractivity contribution is 6.31. The van der Waals surface area contributed by atoms with Crippen molar-refractivity contribution in [1.82, 2.24) is 4.98 Å². The second-order valence-electron chi connectivity index (χ2n) is 5.85. The summed E-state index contributed by atoms with van der Waals surface area (Å²) in [4.78, 5) is 8.99. The lowest BCUT2D eigenvalue weighted by molar-refractivity contribution is 0.336. The van der Waals surface area contributed by atoms with E-state index in [1.807, 2.05) is 68.5 Å². The third-order valence-electron chi connectivity index (χ3n) is 4.05. The van der Waals surface area contributed by atoms with E-state index in [4.69, 9.17) is 4.42 Å². The van der Waals surface area contributed by atoms with Crippen molar-refractivity contribution >= 4 is 23.0 Å². The van der Waals surface area contributed by atoms with Gasteiger partial charge >= 0.3 is 5.95 Å². The van der Waals surface area contributed by atoms with Crippen molar-refractivity contribution < 1.29 is 9.52 Å². The Balaban J connectivity index is 1.78. The number of hydrogen-bond acceptors (Lipinski definition) is 4.